The van der Waals surface area contributed by atoms with Crippen molar-refractivity contribution in [3.63, 3.8) is 0 Å². The molecule has 0 amide bonds. The van der Waals surface area contributed by atoms with Crippen molar-refractivity contribution in [1.29, 1.82) is 0 Å². The lowest BCUT2D eigenvalue weighted by atomic mass is 10.0. The molecule has 0 bridgehead atoms. The second-order valence-electron chi connectivity index (χ2n) is 4.35. The van der Waals surface area contributed by atoms with Crippen molar-refractivity contribution in [3.8, 4) is 0 Å². The molecule has 17 heavy (non-hydrogen) atoms. The van der Waals surface area contributed by atoms with Gasteiger partial charge in [-0.15, -0.1) is 0 Å². The molecule has 1 aromatic carbocycles. The van der Waals surface area contributed by atoms with Gasteiger partial charge in [-0.3, -0.25) is 4.90 Å². The summed E-state index contributed by atoms with van der Waals surface area (Å²) in [5.41, 5.74) is 1.06. The highest BCUT2D eigenvalue weighted by molar-refractivity contribution is 9.10. The van der Waals surface area contributed by atoms with Gasteiger partial charge in [-0.1, -0.05) is 19.1 Å². The molecule has 1 N–H and O–H groups in total. The van der Waals surface area contributed by atoms with Crippen molar-refractivity contribution in [2.45, 2.75) is 19.4 Å². The van der Waals surface area contributed by atoms with Crippen LogP contribution in [0.1, 0.15) is 24.9 Å². The number of hydrogen-bond acceptors (Lipinski definition) is 2. The van der Waals surface area contributed by atoms with E-state index in [1.807, 2.05) is 6.07 Å². The second kappa shape index (κ2) is 5.94. The third-order valence-corrected chi connectivity index (χ3v) is 4.16. The van der Waals surface area contributed by atoms with Gasteiger partial charge >= 0.3 is 0 Å². The van der Waals surface area contributed by atoms with Gasteiger partial charge in [0, 0.05) is 32.2 Å². The second-order valence-corrected chi connectivity index (χ2v) is 5.15. The van der Waals surface area contributed by atoms with E-state index in [1.54, 1.807) is 6.07 Å². The van der Waals surface area contributed by atoms with E-state index < -0.39 is 0 Å². The molecule has 2 nitrogen and oxygen atoms in total. The van der Waals surface area contributed by atoms with Gasteiger partial charge in [-0.25, -0.2) is 4.39 Å². The lowest BCUT2D eigenvalue weighted by Crippen LogP contribution is -2.45. The summed E-state index contributed by atoms with van der Waals surface area (Å²) >= 11 is 3.37. The van der Waals surface area contributed by atoms with Crippen molar-refractivity contribution in [2.24, 2.45) is 0 Å². The van der Waals surface area contributed by atoms with Crippen LogP contribution >= 0.6 is 15.9 Å². The Labute approximate surface area is 110 Å². The highest BCUT2D eigenvalue weighted by atomic mass is 79.9. The lowest BCUT2D eigenvalue weighted by molar-refractivity contribution is 0.168. The number of piperazine rings is 1. The molecule has 0 aromatic heterocycles. The Morgan fingerprint density at radius 1 is 1.41 bits per heavy atom. The van der Waals surface area contributed by atoms with Crippen molar-refractivity contribution in [1.82, 2.24) is 10.2 Å². The van der Waals surface area contributed by atoms with Crippen LogP contribution in [0.25, 0.3) is 0 Å². The van der Waals surface area contributed by atoms with E-state index in [9.17, 15) is 4.39 Å². The molecule has 1 atom stereocenters. The topological polar surface area (TPSA) is 15.3 Å². The molecule has 1 saturated heterocycles. The first-order chi connectivity index (χ1) is 8.24. The van der Waals surface area contributed by atoms with E-state index in [-0.39, 0.29) is 5.82 Å². The van der Waals surface area contributed by atoms with Crippen LogP contribution in [0.4, 0.5) is 4.39 Å². The van der Waals surface area contributed by atoms with Crippen LogP contribution < -0.4 is 5.32 Å². The fourth-order valence-corrected chi connectivity index (χ4v) is 2.98. The van der Waals surface area contributed by atoms with E-state index >= 15 is 0 Å². The summed E-state index contributed by atoms with van der Waals surface area (Å²) in [7, 11) is 0. The minimum Gasteiger partial charge on any atom is -0.314 e. The van der Waals surface area contributed by atoms with Gasteiger partial charge in [-0.05, 0) is 34.0 Å². The first-order valence-electron chi connectivity index (χ1n) is 6.12. The first kappa shape index (κ1) is 13.0. The number of benzene rings is 1. The maximum absolute atomic E-state index is 13.6. The average molecular weight is 301 g/mol. The number of rotatable bonds is 3. The molecule has 94 valence electrons. The van der Waals surface area contributed by atoms with Crippen molar-refractivity contribution in [3.05, 3.63) is 34.1 Å². The highest BCUT2D eigenvalue weighted by Gasteiger charge is 2.23. The Kier molecular flexibility index (Phi) is 4.54. The molecule has 0 radical (unpaired) electrons. The predicted octanol–water partition coefficient (Wildman–Crippen LogP) is 2.94. The molecular formula is C13H18BrFN2. The van der Waals surface area contributed by atoms with E-state index in [1.165, 1.54) is 6.07 Å². The van der Waals surface area contributed by atoms with Gasteiger partial charge in [0.1, 0.15) is 5.82 Å². The summed E-state index contributed by atoms with van der Waals surface area (Å²) in [4.78, 5) is 2.43. The van der Waals surface area contributed by atoms with E-state index in [0.717, 1.165) is 38.2 Å². The maximum atomic E-state index is 13.6. The quantitative estimate of drug-likeness (QED) is 0.923. The highest BCUT2D eigenvalue weighted by Crippen LogP contribution is 2.32. The molecule has 2 rings (SSSR count). The van der Waals surface area contributed by atoms with Crippen molar-refractivity contribution in [2.75, 3.05) is 26.2 Å². The van der Waals surface area contributed by atoms with Crippen molar-refractivity contribution >= 4 is 15.9 Å². The molecule has 1 aromatic rings. The summed E-state index contributed by atoms with van der Waals surface area (Å²) in [6.45, 7) is 6.25. The van der Waals surface area contributed by atoms with E-state index in [2.05, 4.69) is 33.1 Å². The van der Waals surface area contributed by atoms with Crippen LogP contribution in [-0.2, 0) is 0 Å². The largest absolute Gasteiger partial charge is 0.314 e. The normalized spacial score (nSPS) is 19.2. The molecule has 1 heterocycles. The number of halogens is 2. The molecule has 0 unspecified atom stereocenters. The van der Waals surface area contributed by atoms with E-state index in [0.29, 0.717) is 10.5 Å². The molecule has 1 fully saturated rings. The van der Waals surface area contributed by atoms with Crippen LogP contribution in [0, 0.1) is 5.82 Å². The van der Waals surface area contributed by atoms with Gasteiger partial charge in [0.2, 0.25) is 0 Å². The molecule has 1 aliphatic rings. The first-order valence-corrected chi connectivity index (χ1v) is 6.92. The SMILES string of the molecule is CC[C@H](c1cccc(F)c1Br)N1CCNCC1. The van der Waals surface area contributed by atoms with Gasteiger partial charge in [0.05, 0.1) is 4.47 Å². The number of hydrogen-bond donors (Lipinski definition) is 1. The molecule has 0 aliphatic carbocycles. The Morgan fingerprint density at radius 2 is 2.12 bits per heavy atom. The standard InChI is InChI=1S/C13H18BrFN2/c1-2-12(17-8-6-16-7-9-17)10-4-3-5-11(15)13(10)14/h3-5,12,16H,2,6-9H2,1H3/t12-/m1/s1. The Balaban J connectivity index is 2.24. The van der Waals surface area contributed by atoms with Crippen LogP contribution in [0.5, 0.6) is 0 Å². The molecule has 4 heteroatoms. The van der Waals surface area contributed by atoms with Crippen LogP contribution in [-0.4, -0.2) is 31.1 Å². The van der Waals surface area contributed by atoms with Gasteiger partial charge in [0.25, 0.3) is 0 Å². The van der Waals surface area contributed by atoms with Crippen molar-refractivity contribution < 1.29 is 4.39 Å². The fourth-order valence-electron chi connectivity index (χ4n) is 2.45. The predicted molar refractivity (Wildman–Crippen MR) is 71.6 cm³/mol. The average Bonchev–Trinajstić information content (AvgIpc) is 2.37. The minimum absolute atomic E-state index is 0.170. The van der Waals surface area contributed by atoms with Crippen LogP contribution in [0.15, 0.2) is 22.7 Å². The molecule has 1 aliphatic heterocycles. The summed E-state index contributed by atoms with van der Waals surface area (Å²) < 4.78 is 14.2. The van der Waals surface area contributed by atoms with Gasteiger partial charge in [-0.2, -0.15) is 0 Å². The molecule has 0 spiro atoms. The smallest absolute Gasteiger partial charge is 0.137 e. The molecule has 0 saturated carbocycles. The minimum atomic E-state index is -0.170. The lowest BCUT2D eigenvalue weighted by Gasteiger charge is -2.35. The summed E-state index contributed by atoms with van der Waals surface area (Å²) in [6.07, 6.45) is 1.00. The molecular weight excluding hydrogens is 283 g/mol. The Morgan fingerprint density at radius 3 is 2.76 bits per heavy atom. The van der Waals surface area contributed by atoms with E-state index in [4.69, 9.17) is 0 Å². The third kappa shape index (κ3) is 2.87. The van der Waals surface area contributed by atoms with Crippen LogP contribution in [0.3, 0.4) is 0 Å². The van der Waals surface area contributed by atoms with Crippen LogP contribution in [0.2, 0.25) is 0 Å². The summed E-state index contributed by atoms with van der Waals surface area (Å²) in [6, 6.07) is 5.61. The summed E-state index contributed by atoms with van der Waals surface area (Å²) in [5, 5.41) is 3.34. The monoisotopic (exact) mass is 300 g/mol. The zero-order chi connectivity index (χ0) is 12.3. The zero-order valence-electron chi connectivity index (χ0n) is 10.0. The number of nitrogens with one attached hydrogen (secondary N) is 1. The fraction of sp³-hybridized carbons (Fsp3) is 0.538. The number of nitrogens with zero attached hydrogens (tertiary/aromatic N) is 1. The zero-order valence-corrected chi connectivity index (χ0v) is 11.6. The maximum Gasteiger partial charge on any atom is 0.137 e. The Hall–Kier alpha value is -0.450. The Bertz CT molecular complexity index is 378. The van der Waals surface area contributed by atoms with Gasteiger partial charge < -0.3 is 5.32 Å². The third-order valence-electron chi connectivity index (χ3n) is 3.32. The summed E-state index contributed by atoms with van der Waals surface area (Å²) in [5.74, 6) is -0.170. The van der Waals surface area contributed by atoms with Gasteiger partial charge in [0.15, 0.2) is 0 Å².